The van der Waals surface area contributed by atoms with Gasteiger partial charge in [-0.15, -0.1) is 0 Å². The summed E-state index contributed by atoms with van der Waals surface area (Å²) < 4.78 is 10.5. The van der Waals surface area contributed by atoms with Gasteiger partial charge in [-0.3, -0.25) is 19.8 Å². The van der Waals surface area contributed by atoms with Crippen molar-refractivity contribution in [2.45, 2.75) is 6.92 Å². The van der Waals surface area contributed by atoms with Crippen molar-refractivity contribution < 1.29 is 19.1 Å². The number of hydrogen-bond acceptors (Lipinski definition) is 5. The van der Waals surface area contributed by atoms with E-state index in [-0.39, 0.29) is 10.7 Å². The second-order valence-electron chi connectivity index (χ2n) is 5.98. The van der Waals surface area contributed by atoms with E-state index in [9.17, 15) is 9.59 Å². The summed E-state index contributed by atoms with van der Waals surface area (Å²) in [6.45, 7) is 1.86. The monoisotopic (exact) mass is 416 g/mol. The molecule has 0 aliphatic carbocycles. The SMILES string of the molecule is COc1cc(/C=C2\C(=O)NC(=S)N(c3ccccc3C)C2=O)cc(Cl)c1OC. The van der Waals surface area contributed by atoms with Gasteiger partial charge in [0.25, 0.3) is 11.8 Å². The molecule has 8 heteroatoms. The van der Waals surface area contributed by atoms with Crippen LogP contribution in [0.1, 0.15) is 11.1 Å². The zero-order valence-electron chi connectivity index (χ0n) is 15.4. The average Bonchev–Trinajstić information content (AvgIpc) is 2.66. The molecule has 1 saturated heterocycles. The molecule has 1 aliphatic rings. The topological polar surface area (TPSA) is 67.9 Å². The number of anilines is 1. The number of nitrogens with one attached hydrogen (secondary N) is 1. The van der Waals surface area contributed by atoms with Gasteiger partial charge in [-0.1, -0.05) is 29.8 Å². The minimum Gasteiger partial charge on any atom is -0.493 e. The molecule has 2 amide bonds. The smallest absolute Gasteiger partial charge is 0.270 e. The van der Waals surface area contributed by atoms with Gasteiger partial charge in [0.15, 0.2) is 16.6 Å². The third-order valence-electron chi connectivity index (χ3n) is 4.22. The summed E-state index contributed by atoms with van der Waals surface area (Å²) in [5.41, 5.74) is 1.90. The van der Waals surface area contributed by atoms with Gasteiger partial charge in [-0.25, -0.2) is 0 Å². The van der Waals surface area contributed by atoms with Crippen LogP contribution in [0.4, 0.5) is 5.69 Å². The highest BCUT2D eigenvalue weighted by atomic mass is 35.5. The molecule has 144 valence electrons. The molecule has 3 rings (SSSR count). The van der Waals surface area contributed by atoms with Gasteiger partial charge in [0, 0.05) is 0 Å². The number of methoxy groups -OCH3 is 2. The van der Waals surface area contributed by atoms with E-state index in [1.165, 1.54) is 25.2 Å². The molecule has 1 N–H and O–H groups in total. The molecule has 1 heterocycles. The Morgan fingerprint density at radius 2 is 1.86 bits per heavy atom. The lowest BCUT2D eigenvalue weighted by molar-refractivity contribution is -0.122. The molecule has 6 nitrogen and oxygen atoms in total. The molecular formula is C20H17ClN2O4S. The van der Waals surface area contributed by atoms with Crippen molar-refractivity contribution >= 4 is 52.5 Å². The van der Waals surface area contributed by atoms with Crippen LogP contribution in [-0.2, 0) is 9.59 Å². The zero-order valence-corrected chi connectivity index (χ0v) is 17.0. The highest BCUT2D eigenvalue weighted by Crippen LogP contribution is 2.37. The molecule has 1 fully saturated rings. The van der Waals surface area contributed by atoms with Crippen LogP contribution in [0, 0.1) is 6.92 Å². The largest absolute Gasteiger partial charge is 0.493 e. The molecule has 0 spiro atoms. The first kappa shape index (κ1) is 19.9. The Morgan fingerprint density at radius 1 is 1.14 bits per heavy atom. The van der Waals surface area contributed by atoms with E-state index >= 15 is 0 Å². The molecule has 28 heavy (non-hydrogen) atoms. The van der Waals surface area contributed by atoms with E-state index in [4.69, 9.17) is 33.3 Å². The number of para-hydroxylation sites is 1. The predicted molar refractivity (Wildman–Crippen MR) is 112 cm³/mol. The molecule has 0 saturated carbocycles. The lowest BCUT2D eigenvalue weighted by Crippen LogP contribution is -2.54. The van der Waals surface area contributed by atoms with Gasteiger partial charge in [0.1, 0.15) is 5.57 Å². The molecule has 0 unspecified atom stereocenters. The van der Waals surface area contributed by atoms with Crippen molar-refractivity contribution in [1.82, 2.24) is 5.32 Å². The first-order chi connectivity index (χ1) is 13.4. The van der Waals surface area contributed by atoms with E-state index in [1.54, 1.807) is 24.3 Å². The number of halogens is 1. The Hall–Kier alpha value is -2.90. The predicted octanol–water partition coefficient (Wildman–Crippen LogP) is 3.50. The number of nitrogens with zero attached hydrogens (tertiary/aromatic N) is 1. The number of aryl methyl sites for hydroxylation is 1. The normalized spacial score (nSPS) is 15.6. The highest BCUT2D eigenvalue weighted by molar-refractivity contribution is 7.80. The Labute approximate surface area is 172 Å². The number of ether oxygens (including phenoxy) is 2. The Balaban J connectivity index is 2.07. The van der Waals surface area contributed by atoms with Crippen LogP contribution < -0.4 is 19.7 Å². The van der Waals surface area contributed by atoms with Crippen LogP contribution in [0.5, 0.6) is 11.5 Å². The van der Waals surface area contributed by atoms with Crippen molar-refractivity contribution in [3.8, 4) is 11.5 Å². The van der Waals surface area contributed by atoms with E-state index < -0.39 is 11.8 Å². The van der Waals surface area contributed by atoms with Crippen LogP contribution in [0.25, 0.3) is 6.08 Å². The second-order valence-corrected chi connectivity index (χ2v) is 6.78. The Bertz CT molecular complexity index is 1020. The molecule has 0 atom stereocenters. The van der Waals surface area contributed by atoms with Gasteiger partial charge in [0.05, 0.1) is 24.9 Å². The summed E-state index contributed by atoms with van der Waals surface area (Å²) in [6.07, 6.45) is 1.44. The van der Waals surface area contributed by atoms with Crippen molar-refractivity contribution in [3.05, 3.63) is 58.1 Å². The van der Waals surface area contributed by atoms with Gasteiger partial charge >= 0.3 is 0 Å². The zero-order chi connectivity index (χ0) is 20.4. The van der Waals surface area contributed by atoms with Gasteiger partial charge in [-0.2, -0.15) is 0 Å². The van der Waals surface area contributed by atoms with E-state index in [1.807, 2.05) is 19.1 Å². The fraction of sp³-hybridized carbons (Fsp3) is 0.150. The molecular weight excluding hydrogens is 400 g/mol. The number of carbonyl (C=O) groups is 2. The first-order valence-corrected chi connectivity index (χ1v) is 9.04. The summed E-state index contributed by atoms with van der Waals surface area (Å²) in [4.78, 5) is 26.8. The lowest BCUT2D eigenvalue weighted by atomic mass is 10.1. The van der Waals surface area contributed by atoms with Crippen molar-refractivity contribution in [3.63, 3.8) is 0 Å². The van der Waals surface area contributed by atoms with Crippen LogP contribution in [0.3, 0.4) is 0 Å². The number of benzene rings is 2. The van der Waals surface area contributed by atoms with Crippen molar-refractivity contribution in [2.24, 2.45) is 0 Å². The number of rotatable bonds is 4. The standard InChI is InChI=1S/C20H17ClN2O4S/c1-11-6-4-5-7-15(11)23-19(25)13(18(24)22-20(23)28)8-12-9-14(21)17(27-3)16(10-12)26-2/h4-10H,1-3H3,(H,22,24,28)/b13-8+. The quantitative estimate of drug-likeness (QED) is 0.469. The summed E-state index contributed by atoms with van der Waals surface area (Å²) in [7, 11) is 2.95. The molecule has 2 aromatic rings. The molecule has 2 aromatic carbocycles. The summed E-state index contributed by atoms with van der Waals surface area (Å²) in [5.74, 6) is -0.343. The fourth-order valence-corrected chi connectivity index (χ4v) is 3.45. The fourth-order valence-electron chi connectivity index (χ4n) is 2.88. The summed E-state index contributed by atoms with van der Waals surface area (Å²) >= 11 is 11.4. The molecule has 0 radical (unpaired) electrons. The van der Waals surface area contributed by atoms with Gasteiger partial charge < -0.3 is 9.47 Å². The van der Waals surface area contributed by atoms with Crippen molar-refractivity contribution in [2.75, 3.05) is 19.1 Å². The highest BCUT2D eigenvalue weighted by Gasteiger charge is 2.35. The van der Waals surface area contributed by atoms with E-state index in [0.29, 0.717) is 27.8 Å². The van der Waals surface area contributed by atoms with E-state index in [0.717, 1.165) is 5.56 Å². The van der Waals surface area contributed by atoms with E-state index in [2.05, 4.69) is 5.32 Å². The Kier molecular flexibility index (Phi) is 5.67. The van der Waals surface area contributed by atoms with Crippen LogP contribution >= 0.6 is 23.8 Å². The molecule has 0 bridgehead atoms. The number of thiocarbonyl (C=S) groups is 1. The maximum absolute atomic E-state index is 13.1. The number of hydrogen-bond donors (Lipinski definition) is 1. The minimum absolute atomic E-state index is 0.0341. The van der Waals surface area contributed by atoms with Gasteiger partial charge in [-0.05, 0) is 54.5 Å². The van der Waals surface area contributed by atoms with Gasteiger partial charge in [0.2, 0.25) is 0 Å². The first-order valence-electron chi connectivity index (χ1n) is 8.26. The Morgan fingerprint density at radius 3 is 2.50 bits per heavy atom. The second kappa shape index (κ2) is 8.00. The maximum atomic E-state index is 13.1. The molecule has 1 aliphatic heterocycles. The lowest BCUT2D eigenvalue weighted by Gasteiger charge is -2.30. The van der Waals surface area contributed by atoms with Crippen LogP contribution in [0.15, 0.2) is 42.0 Å². The maximum Gasteiger partial charge on any atom is 0.270 e. The third kappa shape index (κ3) is 3.58. The third-order valence-corrected chi connectivity index (χ3v) is 4.79. The average molecular weight is 417 g/mol. The number of amides is 2. The van der Waals surface area contributed by atoms with Crippen molar-refractivity contribution in [1.29, 1.82) is 0 Å². The summed E-state index contributed by atoms with van der Waals surface area (Å²) in [5, 5.41) is 2.89. The van der Waals surface area contributed by atoms with Crippen LogP contribution in [-0.4, -0.2) is 31.1 Å². The summed E-state index contributed by atoms with van der Waals surface area (Å²) in [6, 6.07) is 10.5. The number of carbonyl (C=O) groups excluding carboxylic acids is 2. The minimum atomic E-state index is -0.578. The molecule has 0 aromatic heterocycles. The van der Waals surface area contributed by atoms with Crippen LogP contribution in [0.2, 0.25) is 5.02 Å².